The maximum Gasteiger partial charge on any atom is 0.230 e. The van der Waals surface area contributed by atoms with Crippen LogP contribution in [0.1, 0.15) is 54.7 Å². The average Bonchev–Trinajstić information content (AvgIpc) is 3.30. The van der Waals surface area contributed by atoms with Crippen LogP contribution >= 0.6 is 22.9 Å². The van der Waals surface area contributed by atoms with E-state index >= 15 is 0 Å². The summed E-state index contributed by atoms with van der Waals surface area (Å²) in [6, 6.07) is 10.4. The van der Waals surface area contributed by atoms with Crippen molar-refractivity contribution in [3.8, 4) is 0 Å². The van der Waals surface area contributed by atoms with E-state index < -0.39 is 9.84 Å². The number of aromatic nitrogens is 2. The van der Waals surface area contributed by atoms with Crippen molar-refractivity contribution in [1.29, 1.82) is 0 Å². The highest BCUT2D eigenvalue weighted by molar-refractivity contribution is 7.90. The molecule has 0 bridgehead atoms. The van der Waals surface area contributed by atoms with Gasteiger partial charge in [0.15, 0.2) is 15.0 Å². The van der Waals surface area contributed by atoms with Crippen LogP contribution in [0.4, 0.5) is 5.13 Å². The van der Waals surface area contributed by atoms with E-state index in [0.29, 0.717) is 16.1 Å². The lowest BCUT2D eigenvalue weighted by Gasteiger charge is -2.32. The number of carbonyl (C=O) groups is 1. The topological polar surface area (TPSA) is 92.3 Å². The molecular formula is C24H27ClN4O3S2. The molecule has 34 heavy (non-hydrogen) atoms. The third-order valence-electron chi connectivity index (χ3n) is 5.96. The van der Waals surface area contributed by atoms with E-state index in [-0.39, 0.29) is 29.3 Å². The molecule has 180 valence electrons. The van der Waals surface area contributed by atoms with Crippen molar-refractivity contribution in [3.63, 3.8) is 0 Å². The van der Waals surface area contributed by atoms with Gasteiger partial charge in [0.05, 0.1) is 39.8 Å². The molecule has 10 heteroatoms. The molecule has 0 fully saturated rings. The third kappa shape index (κ3) is 5.33. The molecular weight excluding hydrogens is 492 g/mol. The lowest BCUT2D eigenvalue weighted by atomic mass is 10.00. The summed E-state index contributed by atoms with van der Waals surface area (Å²) >= 11 is 7.50. The fourth-order valence-electron chi connectivity index (χ4n) is 4.27. The Labute approximate surface area is 209 Å². The largest absolute Gasteiger partial charge is 0.302 e. The molecule has 0 saturated heterocycles. The number of thiazole rings is 1. The van der Waals surface area contributed by atoms with E-state index in [1.165, 1.54) is 23.5 Å². The van der Waals surface area contributed by atoms with Gasteiger partial charge < -0.3 is 5.32 Å². The average molecular weight is 519 g/mol. The molecule has 3 aromatic rings. The maximum atomic E-state index is 12.6. The molecule has 1 aliphatic heterocycles. The van der Waals surface area contributed by atoms with Gasteiger partial charge in [-0.15, -0.1) is 11.3 Å². The number of nitrogens with zero attached hydrogens (tertiary/aromatic N) is 3. The van der Waals surface area contributed by atoms with Gasteiger partial charge in [0, 0.05) is 23.9 Å². The minimum absolute atomic E-state index is 0.0963. The van der Waals surface area contributed by atoms with Crippen LogP contribution in [-0.4, -0.2) is 35.4 Å². The molecule has 3 heterocycles. The van der Waals surface area contributed by atoms with Gasteiger partial charge >= 0.3 is 0 Å². The van der Waals surface area contributed by atoms with Crippen molar-refractivity contribution in [2.75, 3.05) is 11.6 Å². The first-order chi connectivity index (χ1) is 16.0. The number of carbonyl (C=O) groups excluding carboxylic acids is 1. The quantitative estimate of drug-likeness (QED) is 0.470. The minimum Gasteiger partial charge on any atom is -0.302 e. The Kier molecular flexibility index (Phi) is 7.09. The molecule has 1 aliphatic rings. The Balaban J connectivity index is 1.45. The summed E-state index contributed by atoms with van der Waals surface area (Å²) < 4.78 is 23.2. The van der Waals surface area contributed by atoms with Crippen molar-refractivity contribution in [1.82, 2.24) is 14.9 Å². The zero-order valence-corrected chi connectivity index (χ0v) is 21.8. The molecule has 1 aromatic carbocycles. The number of amides is 1. The summed E-state index contributed by atoms with van der Waals surface area (Å²) in [6.45, 7) is 7.23. The summed E-state index contributed by atoms with van der Waals surface area (Å²) in [4.78, 5) is 25.7. The molecule has 0 spiro atoms. The molecule has 0 radical (unpaired) electrons. The summed E-state index contributed by atoms with van der Waals surface area (Å²) in [5, 5.41) is 4.12. The van der Waals surface area contributed by atoms with Gasteiger partial charge in [0.25, 0.3) is 0 Å². The highest BCUT2D eigenvalue weighted by atomic mass is 35.5. The molecule has 2 atom stereocenters. The zero-order valence-electron chi connectivity index (χ0n) is 19.4. The molecule has 7 nitrogen and oxygen atoms in total. The van der Waals surface area contributed by atoms with Crippen LogP contribution < -0.4 is 5.32 Å². The first-order valence-corrected chi connectivity index (χ1v) is 14.1. The van der Waals surface area contributed by atoms with Crippen LogP contribution in [0.25, 0.3) is 0 Å². The number of benzene rings is 1. The van der Waals surface area contributed by atoms with E-state index in [2.05, 4.69) is 36.0 Å². The summed E-state index contributed by atoms with van der Waals surface area (Å²) in [5.74, 6) is 0.145. The molecule has 1 amide bonds. The predicted octanol–water partition coefficient (Wildman–Crippen LogP) is 5.05. The van der Waals surface area contributed by atoms with Gasteiger partial charge in [-0.3, -0.25) is 14.7 Å². The first kappa shape index (κ1) is 24.8. The van der Waals surface area contributed by atoms with E-state index in [9.17, 15) is 13.2 Å². The molecule has 2 aromatic heterocycles. The maximum absolute atomic E-state index is 12.6. The first-order valence-electron chi connectivity index (χ1n) is 11.0. The van der Waals surface area contributed by atoms with E-state index in [4.69, 9.17) is 16.6 Å². The number of rotatable bonds is 7. The predicted molar refractivity (Wildman–Crippen MR) is 135 cm³/mol. The number of nitrogens with one attached hydrogen (secondary N) is 1. The second kappa shape index (κ2) is 9.73. The van der Waals surface area contributed by atoms with Gasteiger partial charge in [-0.2, -0.15) is 0 Å². The van der Waals surface area contributed by atoms with Crippen LogP contribution in [0.5, 0.6) is 0 Å². The van der Waals surface area contributed by atoms with E-state index in [1.807, 2.05) is 12.1 Å². The Morgan fingerprint density at radius 3 is 2.50 bits per heavy atom. The molecule has 0 saturated carbocycles. The Hall–Kier alpha value is -2.33. The second-order valence-electron chi connectivity index (χ2n) is 8.91. The number of hydrogen-bond donors (Lipinski definition) is 1. The number of fused-ring (bicyclic) bond motifs is 1. The van der Waals surface area contributed by atoms with Gasteiger partial charge in [-0.1, -0.05) is 37.6 Å². The van der Waals surface area contributed by atoms with Gasteiger partial charge in [-0.25, -0.2) is 13.4 Å². The molecule has 1 unspecified atom stereocenters. The van der Waals surface area contributed by atoms with Crippen LogP contribution in [0, 0.1) is 5.92 Å². The molecule has 1 N–H and O–H groups in total. The number of sulfone groups is 1. The zero-order chi connectivity index (χ0) is 24.6. The smallest absolute Gasteiger partial charge is 0.230 e. The lowest BCUT2D eigenvalue weighted by molar-refractivity contribution is -0.115. The summed E-state index contributed by atoms with van der Waals surface area (Å²) in [5.41, 5.74) is 2.71. The van der Waals surface area contributed by atoms with E-state index in [1.54, 1.807) is 18.3 Å². The Morgan fingerprint density at radius 2 is 1.91 bits per heavy atom. The highest BCUT2D eigenvalue weighted by Crippen LogP contribution is 2.46. The van der Waals surface area contributed by atoms with Crippen LogP contribution in [0.3, 0.4) is 0 Å². The van der Waals surface area contributed by atoms with Crippen molar-refractivity contribution in [2.45, 2.75) is 50.7 Å². The Morgan fingerprint density at radius 1 is 1.21 bits per heavy atom. The molecule has 4 rings (SSSR count). The summed E-state index contributed by atoms with van der Waals surface area (Å²) in [7, 11) is -3.26. The van der Waals surface area contributed by atoms with Gasteiger partial charge in [0.1, 0.15) is 0 Å². The van der Waals surface area contributed by atoms with Gasteiger partial charge in [-0.05, 0) is 42.7 Å². The lowest BCUT2D eigenvalue weighted by Crippen LogP contribution is -2.29. The fraction of sp³-hybridized carbons (Fsp3) is 0.375. The normalized spacial score (nSPS) is 17.1. The van der Waals surface area contributed by atoms with Crippen molar-refractivity contribution >= 4 is 43.8 Å². The monoisotopic (exact) mass is 518 g/mol. The second-order valence-corrected chi connectivity index (χ2v) is 12.4. The number of pyridine rings is 1. The van der Waals surface area contributed by atoms with Crippen molar-refractivity contribution in [3.05, 3.63) is 69.4 Å². The number of halogens is 1. The van der Waals surface area contributed by atoms with Crippen LogP contribution in [-0.2, 0) is 27.6 Å². The molecule has 0 aliphatic carbocycles. The third-order valence-corrected chi connectivity index (χ3v) is 8.28. The highest BCUT2D eigenvalue weighted by Gasteiger charge is 2.39. The number of hydrogen-bond acceptors (Lipinski definition) is 7. The minimum atomic E-state index is -3.26. The summed E-state index contributed by atoms with van der Waals surface area (Å²) in [6.07, 6.45) is 2.98. The van der Waals surface area contributed by atoms with Crippen molar-refractivity contribution in [2.24, 2.45) is 5.92 Å². The standard InChI is InChI=1S/C24H27ClN4O3S2/c1-14(2)23-22-20(13-29(23)15(3)19-10-7-17(25)12-26-19)33-24(28-22)27-21(30)11-16-5-8-18(9-6-16)34(4,31)32/h5-10,12,14-15,23H,11,13H2,1-4H3,(H,27,28,30)/t15-,23?/m1/s1. The van der Waals surface area contributed by atoms with E-state index in [0.717, 1.165) is 34.6 Å². The SMILES string of the molecule is CC(C)C1c2nc(NC(=O)Cc3ccc(S(C)(=O)=O)cc3)sc2CN1[C@H](C)c1ccc(Cl)cn1. The van der Waals surface area contributed by atoms with Crippen molar-refractivity contribution < 1.29 is 13.2 Å². The van der Waals surface area contributed by atoms with Crippen LogP contribution in [0.2, 0.25) is 5.02 Å². The van der Waals surface area contributed by atoms with Crippen LogP contribution in [0.15, 0.2) is 47.5 Å². The number of anilines is 1. The Bertz CT molecular complexity index is 1290. The fourth-order valence-corrected chi connectivity index (χ4v) is 6.04. The van der Waals surface area contributed by atoms with Gasteiger partial charge in [0.2, 0.25) is 5.91 Å².